The summed E-state index contributed by atoms with van der Waals surface area (Å²) in [6.45, 7) is 7.84. The van der Waals surface area contributed by atoms with E-state index in [-0.39, 0.29) is 11.4 Å². The molecule has 0 aliphatic heterocycles. The third-order valence-corrected chi connectivity index (χ3v) is 2.45. The van der Waals surface area contributed by atoms with Gasteiger partial charge in [-0.05, 0) is 27.7 Å². The summed E-state index contributed by atoms with van der Waals surface area (Å²) in [5.74, 6) is -0.252. The minimum absolute atomic E-state index is 0.177. The number of aromatic nitrogens is 3. The van der Waals surface area contributed by atoms with Crippen molar-refractivity contribution in [3.8, 4) is 0 Å². The molecule has 0 aromatic carbocycles. The Morgan fingerprint density at radius 2 is 1.93 bits per heavy atom. The molecule has 0 bridgehead atoms. The molecule has 0 unspecified atom stereocenters. The van der Waals surface area contributed by atoms with Crippen LogP contribution in [0.3, 0.4) is 0 Å². The van der Waals surface area contributed by atoms with Gasteiger partial charge in [-0.1, -0.05) is 0 Å². The predicted molar refractivity (Wildman–Crippen MR) is 57.2 cm³/mol. The van der Waals surface area contributed by atoms with E-state index in [9.17, 15) is 4.39 Å². The smallest absolute Gasteiger partial charge is 0.152 e. The van der Waals surface area contributed by atoms with E-state index in [4.69, 9.17) is 0 Å². The van der Waals surface area contributed by atoms with Crippen LogP contribution in [0.1, 0.15) is 26.5 Å². The van der Waals surface area contributed by atoms with Gasteiger partial charge in [-0.2, -0.15) is 0 Å². The van der Waals surface area contributed by atoms with Gasteiger partial charge in [-0.15, -0.1) is 0 Å². The van der Waals surface area contributed by atoms with Gasteiger partial charge in [0.2, 0.25) is 0 Å². The molecule has 2 aromatic heterocycles. The molecule has 4 heteroatoms. The minimum Gasteiger partial charge on any atom is -0.324 e. The van der Waals surface area contributed by atoms with E-state index in [1.807, 2.05) is 25.3 Å². The summed E-state index contributed by atoms with van der Waals surface area (Å²) >= 11 is 0. The summed E-state index contributed by atoms with van der Waals surface area (Å²) in [6, 6.07) is 0. The Morgan fingerprint density at radius 3 is 2.53 bits per heavy atom. The van der Waals surface area contributed by atoms with Gasteiger partial charge in [-0.25, -0.2) is 14.4 Å². The SMILES string of the molecule is Cc1ncnc2c1c(F)cn2C(C)(C)C. The predicted octanol–water partition coefficient (Wildman–Crippen LogP) is 2.63. The number of hydrogen-bond acceptors (Lipinski definition) is 2. The molecule has 80 valence electrons. The van der Waals surface area contributed by atoms with Gasteiger partial charge in [0.1, 0.15) is 12.0 Å². The Kier molecular flexibility index (Phi) is 2.03. The van der Waals surface area contributed by atoms with Crippen molar-refractivity contribution < 1.29 is 4.39 Å². The molecule has 2 heterocycles. The monoisotopic (exact) mass is 207 g/mol. The summed E-state index contributed by atoms with van der Waals surface area (Å²) < 4.78 is 15.5. The first kappa shape index (κ1) is 10.1. The van der Waals surface area contributed by atoms with Crippen molar-refractivity contribution in [2.45, 2.75) is 33.2 Å². The number of nitrogens with zero attached hydrogens (tertiary/aromatic N) is 3. The highest BCUT2D eigenvalue weighted by Gasteiger charge is 2.20. The molecule has 0 amide bonds. The Morgan fingerprint density at radius 1 is 1.27 bits per heavy atom. The molecule has 0 atom stereocenters. The number of rotatable bonds is 0. The van der Waals surface area contributed by atoms with Crippen molar-refractivity contribution in [1.82, 2.24) is 14.5 Å². The molecular weight excluding hydrogens is 193 g/mol. The highest BCUT2D eigenvalue weighted by Crippen LogP contribution is 2.26. The molecule has 0 fully saturated rings. The average Bonchev–Trinajstić information content (AvgIpc) is 2.44. The lowest BCUT2D eigenvalue weighted by Gasteiger charge is -2.21. The van der Waals surface area contributed by atoms with Crippen LogP contribution in [0.2, 0.25) is 0 Å². The molecule has 0 aliphatic rings. The van der Waals surface area contributed by atoms with E-state index >= 15 is 0 Å². The fraction of sp³-hybridized carbons (Fsp3) is 0.455. The highest BCUT2D eigenvalue weighted by atomic mass is 19.1. The second kappa shape index (κ2) is 3.02. The third kappa shape index (κ3) is 1.50. The third-order valence-electron chi connectivity index (χ3n) is 2.45. The molecule has 15 heavy (non-hydrogen) atoms. The number of fused-ring (bicyclic) bond motifs is 1. The standard InChI is InChI=1S/C11H14FN3/c1-7-9-8(12)5-15(11(2,3)4)10(9)14-6-13-7/h5-6H,1-4H3. The van der Waals surface area contributed by atoms with Crippen LogP contribution in [-0.4, -0.2) is 14.5 Å². The Labute approximate surface area is 88.0 Å². The fourth-order valence-electron chi connectivity index (χ4n) is 1.67. The van der Waals surface area contributed by atoms with Gasteiger partial charge in [0.25, 0.3) is 0 Å². The molecule has 0 aliphatic carbocycles. The molecule has 3 nitrogen and oxygen atoms in total. The largest absolute Gasteiger partial charge is 0.324 e. The fourth-order valence-corrected chi connectivity index (χ4v) is 1.67. The van der Waals surface area contributed by atoms with E-state index < -0.39 is 0 Å². The van der Waals surface area contributed by atoms with Crippen LogP contribution >= 0.6 is 0 Å². The summed E-state index contributed by atoms with van der Waals surface area (Å²) in [5, 5.41) is 0.521. The van der Waals surface area contributed by atoms with Gasteiger partial charge in [0, 0.05) is 11.7 Å². The van der Waals surface area contributed by atoms with Crippen LogP contribution in [0.5, 0.6) is 0 Å². The lowest BCUT2D eigenvalue weighted by atomic mass is 10.1. The minimum atomic E-state index is -0.252. The maximum atomic E-state index is 13.7. The second-order valence-corrected chi connectivity index (χ2v) is 4.68. The summed E-state index contributed by atoms with van der Waals surface area (Å²) in [6.07, 6.45) is 2.96. The second-order valence-electron chi connectivity index (χ2n) is 4.68. The normalized spacial score (nSPS) is 12.3. The zero-order valence-electron chi connectivity index (χ0n) is 9.37. The molecule has 0 radical (unpaired) electrons. The summed E-state index contributed by atoms with van der Waals surface area (Å²) in [7, 11) is 0. The zero-order valence-corrected chi connectivity index (χ0v) is 9.37. The van der Waals surface area contributed by atoms with Gasteiger partial charge in [0.05, 0.1) is 11.1 Å². The molecule has 0 spiro atoms. The topological polar surface area (TPSA) is 30.7 Å². The summed E-state index contributed by atoms with van der Waals surface area (Å²) in [4.78, 5) is 8.14. The summed E-state index contributed by atoms with van der Waals surface area (Å²) in [5.41, 5.74) is 1.16. The van der Waals surface area contributed by atoms with Gasteiger partial charge in [0.15, 0.2) is 5.82 Å². The van der Waals surface area contributed by atoms with E-state index in [1.54, 1.807) is 6.92 Å². The molecule has 0 saturated heterocycles. The molecule has 0 saturated carbocycles. The Balaban J connectivity index is 2.85. The zero-order chi connectivity index (χ0) is 11.2. The quantitative estimate of drug-likeness (QED) is 0.664. The van der Waals surface area contributed by atoms with Crippen molar-refractivity contribution in [3.63, 3.8) is 0 Å². The highest BCUT2D eigenvalue weighted by molar-refractivity contribution is 5.79. The maximum Gasteiger partial charge on any atom is 0.152 e. The van der Waals surface area contributed by atoms with Crippen LogP contribution in [0.15, 0.2) is 12.5 Å². The van der Waals surface area contributed by atoms with Crippen LogP contribution in [0.25, 0.3) is 11.0 Å². The van der Waals surface area contributed by atoms with Crippen LogP contribution in [0.4, 0.5) is 4.39 Å². The lowest BCUT2D eigenvalue weighted by Crippen LogP contribution is -2.21. The number of halogens is 1. The van der Waals surface area contributed by atoms with E-state index in [0.717, 1.165) is 0 Å². The van der Waals surface area contributed by atoms with Crippen molar-refractivity contribution in [3.05, 3.63) is 24.0 Å². The number of aryl methyl sites for hydroxylation is 1. The Bertz CT molecular complexity index is 508. The molecule has 2 aromatic rings. The first-order chi connectivity index (χ1) is 6.91. The molecular formula is C11H14FN3. The van der Waals surface area contributed by atoms with Crippen molar-refractivity contribution in [2.75, 3.05) is 0 Å². The van der Waals surface area contributed by atoms with E-state index in [1.165, 1.54) is 12.5 Å². The van der Waals surface area contributed by atoms with Crippen LogP contribution in [-0.2, 0) is 5.54 Å². The van der Waals surface area contributed by atoms with Gasteiger partial charge >= 0.3 is 0 Å². The lowest BCUT2D eigenvalue weighted by molar-refractivity contribution is 0.404. The first-order valence-corrected chi connectivity index (χ1v) is 4.90. The van der Waals surface area contributed by atoms with Gasteiger partial charge in [-0.3, -0.25) is 0 Å². The van der Waals surface area contributed by atoms with Crippen molar-refractivity contribution in [2.24, 2.45) is 0 Å². The van der Waals surface area contributed by atoms with E-state index in [2.05, 4.69) is 9.97 Å². The van der Waals surface area contributed by atoms with Crippen molar-refractivity contribution in [1.29, 1.82) is 0 Å². The van der Waals surface area contributed by atoms with E-state index in [0.29, 0.717) is 16.7 Å². The molecule has 0 N–H and O–H groups in total. The van der Waals surface area contributed by atoms with Crippen LogP contribution < -0.4 is 0 Å². The average molecular weight is 207 g/mol. The number of hydrogen-bond donors (Lipinski definition) is 0. The molecule has 2 rings (SSSR count). The van der Waals surface area contributed by atoms with Gasteiger partial charge < -0.3 is 4.57 Å². The Hall–Kier alpha value is -1.45. The maximum absolute atomic E-state index is 13.7. The van der Waals surface area contributed by atoms with Crippen molar-refractivity contribution >= 4 is 11.0 Å². The van der Waals surface area contributed by atoms with Crippen LogP contribution in [0, 0.1) is 12.7 Å². The first-order valence-electron chi connectivity index (χ1n) is 4.90.